The van der Waals surface area contributed by atoms with Crippen molar-refractivity contribution >= 4 is 8.25 Å². The predicted molar refractivity (Wildman–Crippen MR) is 112 cm³/mol. The Morgan fingerprint density at radius 3 is 1.59 bits per heavy atom. The van der Waals surface area contributed by atoms with E-state index in [9.17, 15) is 9.67 Å². The molecule has 0 aromatic heterocycles. The van der Waals surface area contributed by atoms with Gasteiger partial charge in [0.15, 0.2) is 0 Å². The van der Waals surface area contributed by atoms with E-state index in [1.807, 2.05) is 0 Å². The molecule has 1 saturated heterocycles. The maximum absolute atomic E-state index is 9.98. The molecule has 0 aliphatic carbocycles. The SMILES string of the molecule is CCCCCCCCCCCCCCCC(O)C(N)CO.O=[PH]1OCCO1. The molecule has 0 radical (unpaired) electrons. The largest absolute Gasteiger partial charge is 0.395 e. The van der Waals surface area contributed by atoms with E-state index in [1.165, 1.54) is 77.0 Å². The van der Waals surface area contributed by atoms with Gasteiger partial charge in [-0.05, 0) is 6.42 Å². The lowest BCUT2D eigenvalue weighted by Gasteiger charge is -2.15. The van der Waals surface area contributed by atoms with Crippen molar-refractivity contribution in [2.24, 2.45) is 5.73 Å². The molecule has 0 amide bonds. The van der Waals surface area contributed by atoms with Crippen molar-refractivity contribution in [3.8, 4) is 0 Å². The van der Waals surface area contributed by atoms with Crippen LogP contribution in [0.4, 0.5) is 0 Å². The van der Waals surface area contributed by atoms with E-state index in [-0.39, 0.29) is 6.61 Å². The molecule has 0 saturated carbocycles. The molecule has 1 fully saturated rings. The predicted octanol–water partition coefficient (Wildman–Crippen LogP) is 4.57. The summed E-state index contributed by atoms with van der Waals surface area (Å²) in [6.45, 7) is 3.14. The van der Waals surface area contributed by atoms with E-state index in [0.717, 1.165) is 12.8 Å². The Morgan fingerprint density at radius 1 is 0.852 bits per heavy atom. The number of hydrogen-bond acceptors (Lipinski definition) is 6. The van der Waals surface area contributed by atoms with Crippen LogP contribution in [-0.2, 0) is 13.6 Å². The van der Waals surface area contributed by atoms with Gasteiger partial charge in [0, 0.05) is 0 Å². The summed E-state index contributed by atoms with van der Waals surface area (Å²) in [7, 11) is -2.01. The van der Waals surface area contributed by atoms with E-state index in [2.05, 4.69) is 16.0 Å². The first-order chi connectivity index (χ1) is 13.1. The molecule has 1 aliphatic heterocycles. The van der Waals surface area contributed by atoms with Gasteiger partial charge in [-0.2, -0.15) is 0 Å². The van der Waals surface area contributed by atoms with Gasteiger partial charge < -0.3 is 25.0 Å². The molecular formula is C20H44NO5P. The highest BCUT2D eigenvalue weighted by atomic mass is 31.1. The van der Waals surface area contributed by atoms with Gasteiger partial charge in [0.25, 0.3) is 0 Å². The van der Waals surface area contributed by atoms with Crippen LogP contribution >= 0.6 is 8.25 Å². The Balaban J connectivity index is 0.000000941. The van der Waals surface area contributed by atoms with Gasteiger partial charge in [0.1, 0.15) is 0 Å². The molecule has 1 aliphatic rings. The number of unbranched alkanes of at least 4 members (excludes halogenated alkanes) is 12. The molecule has 164 valence electrons. The lowest BCUT2D eigenvalue weighted by Crippen LogP contribution is -2.37. The molecule has 2 atom stereocenters. The number of hydrogen-bond donors (Lipinski definition) is 3. The maximum Gasteiger partial charge on any atom is 0.319 e. The summed E-state index contributed by atoms with van der Waals surface area (Å²) in [5.41, 5.74) is 5.56. The minimum atomic E-state index is -2.01. The average molecular weight is 410 g/mol. The molecule has 1 heterocycles. The van der Waals surface area contributed by atoms with Crippen LogP contribution in [0.3, 0.4) is 0 Å². The topological polar surface area (TPSA) is 102 Å². The Bertz CT molecular complexity index is 325. The van der Waals surface area contributed by atoms with Crippen molar-refractivity contribution in [2.75, 3.05) is 19.8 Å². The zero-order valence-corrected chi connectivity index (χ0v) is 18.4. The molecule has 0 aromatic rings. The van der Waals surface area contributed by atoms with Gasteiger partial charge in [-0.15, -0.1) is 0 Å². The van der Waals surface area contributed by atoms with E-state index in [1.54, 1.807) is 0 Å². The Hall–Kier alpha value is 0.0300. The third kappa shape index (κ3) is 19.1. The molecule has 4 N–H and O–H groups in total. The second-order valence-corrected chi connectivity index (χ2v) is 8.47. The molecule has 2 unspecified atom stereocenters. The van der Waals surface area contributed by atoms with Crippen molar-refractivity contribution in [2.45, 2.75) is 109 Å². The summed E-state index contributed by atoms with van der Waals surface area (Å²) in [6.07, 6.45) is 17.5. The second kappa shape index (κ2) is 20.8. The van der Waals surface area contributed by atoms with Crippen molar-refractivity contribution < 1.29 is 23.8 Å². The van der Waals surface area contributed by atoms with Crippen LogP contribution in [0.25, 0.3) is 0 Å². The highest BCUT2D eigenvalue weighted by Gasteiger charge is 2.12. The Kier molecular flexibility index (Phi) is 20.8. The van der Waals surface area contributed by atoms with Gasteiger partial charge in [-0.1, -0.05) is 90.4 Å². The minimum Gasteiger partial charge on any atom is -0.395 e. The molecule has 0 aromatic carbocycles. The third-order valence-electron chi connectivity index (χ3n) is 4.83. The first kappa shape index (κ1) is 27.0. The van der Waals surface area contributed by atoms with E-state index in [0.29, 0.717) is 13.2 Å². The quantitative estimate of drug-likeness (QED) is 0.255. The third-order valence-corrected chi connectivity index (χ3v) is 5.71. The van der Waals surface area contributed by atoms with Crippen molar-refractivity contribution in [1.29, 1.82) is 0 Å². The lowest BCUT2D eigenvalue weighted by molar-refractivity contribution is 0.0990. The molecule has 6 nitrogen and oxygen atoms in total. The molecule has 0 spiro atoms. The van der Waals surface area contributed by atoms with Crippen LogP contribution in [-0.4, -0.2) is 42.2 Å². The number of aliphatic hydroxyl groups is 2. The lowest BCUT2D eigenvalue weighted by atomic mass is 10.0. The van der Waals surface area contributed by atoms with Crippen LogP contribution in [0, 0.1) is 0 Å². The van der Waals surface area contributed by atoms with E-state index < -0.39 is 20.4 Å². The van der Waals surface area contributed by atoms with Crippen molar-refractivity contribution in [1.82, 2.24) is 0 Å². The van der Waals surface area contributed by atoms with Crippen molar-refractivity contribution in [3.63, 3.8) is 0 Å². The average Bonchev–Trinajstić information content (AvgIpc) is 3.16. The van der Waals surface area contributed by atoms with Gasteiger partial charge in [-0.3, -0.25) is 4.57 Å². The highest BCUT2D eigenvalue weighted by Crippen LogP contribution is 2.28. The fourth-order valence-corrected chi connectivity index (χ4v) is 3.58. The first-order valence-electron chi connectivity index (χ1n) is 11.0. The molecule has 7 heteroatoms. The maximum atomic E-state index is 9.98. The van der Waals surface area contributed by atoms with Crippen LogP contribution in [0.5, 0.6) is 0 Å². The number of rotatable bonds is 16. The number of aliphatic hydroxyl groups excluding tert-OH is 2. The summed E-state index contributed by atoms with van der Waals surface area (Å²) in [6, 6.07) is -0.470. The van der Waals surface area contributed by atoms with Crippen LogP contribution in [0.2, 0.25) is 0 Å². The number of nitrogens with two attached hydrogens (primary N) is 1. The van der Waals surface area contributed by atoms with Gasteiger partial charge in [-0.25, -0.2) is 0 Å². The smallest absolute Gasteiger partial charge is 0.319 e. The zero-order valence-electron chi connectivity index (χ0n) is 17.4. The van der Waals surface area contributed by atoms with E-state index in [4.69, 9.17) is 10.8 Å². The second-order valence-electron chi connectivity index (χ2n) is 7.39. The fraction of sp³-hybridized carbons (Fsp3) is 1.00. The Labute approximate surface area is 167 Å². The normalized spacial score (nSPS) is 16.7. The van der Waals surface area contributed by atoms with Crippen LogP contribution in [0.15, 0.2) is 0 Å². The fourth-order valence-electron chi connectivity index (χ4n) is 3.00. The van der Waals surface area contributed by atoms with E-state index >= 15 is 0 Å². The van der Waals surface area contributed by atoms with Gasteiger partial charge in [0.2, 0.25) is 0 Å². The van der Waals surface area contributed by atoms with Gasteiger partial charge in [0.05, 0.1) is 32.0 Å². The summed E-state index contributed by atoms with van der Waals surface area (Å²) >= 11 is 0. The first-order valence-corrected chi connectivity index (χ1v) is 12.2. The van der Waals surface area contributed by atoms with Gasteiger partial charge >= 0.3 is 8.25 Å². The molecule has 1 rings (SSSR count). The minimum absolute atomic E-state index is 0.125. The molecule has 0 bridgehead atoms. The molecular weight excluding hydrogens is 365 g/mol. The standard InChI is InChI=1S/C18H39NO2.C2H5O3P/c1-2-3-4-5-6-7-8-9-10-11-12-13-14-15-18(21)17(19)16-20;3-6-4-1-2-5-6/h17-18,20-21H,2-16,19H2,1H3;6H,1-2H2. The zero-order chi connectivity index (χ0) is 20.2. The summed E-state index contributed by atoms with van der Waals surface area (Å²) in [4.78, 5) is 0. The Morgan fingerprint density at radius 2 is 1.26 bits per heavy atom. The summed E-state index contributed by atoms with van der Waals surface area (Å²) < 4.78 is 18.9. The van der Waals surface area contributed by atoms with Crippen molar-refractivity contribution in [3.05, 3.63) is 0 Å². The summed E-state index contributed by atoms with van der Waals surface area (Å²) in [5.74, 6) is 0. The van der Waals surface area contributed by atoms with Crippen LogP contribution < -0.4 is 5.73 Å². The summed E-state index contributed by atoms with van der Waals surface area (Å²) in [5, 5.41) is 18.4. The highest BCUT2D eigenvalue weighted by molar-refractivity contribution is 7.33. The van der Waals surface area contributed by atoms with Crippen LogP contribution in [0.1, 0.15) is 96.8 Å². The monoisotopic (exact) mass is 409 g/mol. The molecule has 27 heavy (non-hydrogen) atoms.